The van der Waals surface area contributed by atoms with Crippen LogP contribution in [-0.4, -0.2) is 40.7 Å². The summed E-state index contributed by atoms with van der Waals surface area (Å²) in [6, 6.07) is 13.8. The second kappa shape index (κ2) is 9.64. The van der Waals surface area contributed by atoms with E-state index in [0.717, 1.165) is 21.6 Å². The Labute approximate surface area is 181 Å². The largest absolute Gasteiger partial charge is 0.427 e. The van der Waals surface area contributed by atoms with Gasteiger partial charge < -0.3 is 10.1 Å². The number of hydrogen-bond acceptors (Lipinski definition) is 7. The second-order valence-electron chi connectivity index (χ2n) is 6.21. The summed E-state index contributed by atoms with van der Waals surface area (Å²) in [6.45, 7) is 0.941. The van der Waals surface area contributed by atoms with Crippen LogP contribution in [0.1, 0.15) is 12.5 Å². The van der Waals surface area contributed by atoms with E-state index in [1.54, 1.807) is 48.2 Å². The first-order valence-electron chi connectivity index (χ1n) is 8.83. The predicted molar refractivity (Wildman–Crippen MR) is 117 cm³/mol. The lowest BCUT2D eigenvalue weighted by atomic mass is 10.2. The molecule has 7 nitrogen and oxygen atoms in total. The van der Waals surface area contributed by atoms with E-state index in [-0.39, 0.29) is 11.4 Å². The third kappa shape index (κ3) is 5.52. The standard InChI is InChI=1S/C21H18N2O5S2/c1-13(24)28-16-8-6-14(7-9-16)10-18-20(26)23(21(27)30-18)12-19(25)22-15-4-3-5-17(11-15)29-2/h3-11H,12H2,1-2H3,(H,22,25)/b18-10+. The topological polar surface area (TPSA) is 92.8 Å². The van der Waals surface area contributed by atoms with Gasteiger partial charge in [-0.3, -0.25) is 24.1 Å². The number of anilines is 1. The molecule has 1 aliphatic heterocycles. The van der Waals surface area contributed by atoms with Crippen molar-refractivity contribution in [1.29, 1.82) is 0 Å². The maximum absolute atomic E-state index is 12.6. The number of esters is 1. The number of imide groups is 1. The Morgan fingerprint density at radius 3 is 2.57 bits per heavy atom. The molecule has 1 fully saturated rings. The van der Waals surface area contributed by atoms with Gasteiger partial charge in [0, 0.05) is 17.5 Å². The fourth-order valence-corrected chi connectivity index (χ4v) is 3.93. The van der Waals surface area contributed by atoms with Crippen molar-refractivity contribution in [2.24, 2.45) is 0 Å². The van der Waals surface area contributed by atoms with Gasteiger partial charge in [0.25, 0.3) is 11.1 Å². The van der Waals surface area contributed by atoms with Crippen LogP contribution in [0.2, 0.25) is 0 Å². The van der Waals surface area contributed by atoms with Gasteiger partial charge in [0.2, 0.25) is 5.91 Å². The number of carbonyl (C=O) groups excluding carboxylic acids is 4. The maximum Gasteiger partial charge on any atom is 0.308 e. The minimum absolute atomic E-state index is 0.220. The van der Waals surface area contributed by atoms with E-state index in [1.165, 1.54) is 6.92 Å². The highest BCUT2D eigenvalue weighted by Crippen LogP contribution is 2.32. The zero-order chi connectivity index (χ0) is 21.7. The van der Waals surface area contributed by atoms with E-state index in [0.29, 0.717) is 17.0 Å². The van der Waals surface area contributed by atoms with Crippen LogP contribution in [0.5, 0.6) is 5.75 Å². The molecule has 0 radical (unpaired) electrons. The molecule has 0 aliphatic carbocycles. The molecule has 1 N–H and O–H groups in total. The van der Waals surface area contributed by atoms with E-state index in [4.69, 9.17) is 4.74 Å². The summed E-state index contributed by atoms with van der Waals surface area (Å²) < 4.78 is 4.96. The monoisotopic (exact) mass is 442 g/mol. The van der Waals surface area contributed by atoms with Gasteiger partial charge in [-0.15, -0.1) is 11.8 Å². The van der Waals surface area contributed by atoms with Crippen molar-refractivity contribution in [3.05, 3.63) is 59.0 Å². The summed E-state index contributed by atoms with van der Waals surface area (Å²) in [5.41, 5.74) is 1.26. The predicted octanol–water partition coefficient (Wildman–Crippen LogP) is 4.01. The lowest BCUT2D eigenvalue weighted by Crippen LogP contribution is -2.36. The summed E-state index contributed by atoms with van der Waals surface area (Å²) in [5.74, 6) is -1.03. The van der Waals surface area contributed by atoms with E-state index in [1.807, 2.05) is 24.5 Å². The highest BCUT2D eigenvalue weighted by atomic mass is 32.2. The zero-order valence-corrected chi connectivity index (χ0v) is 17.8. The van der Waals surface area contributed by atoms with Gasteiger partial charge in [-0.2, -0.15) is 0 Å². The molecule has 3 rings (SSSR count). The molecular weight excluding hydrogens is 424 g/mol. The van der Waals surface area contributed by atoms with Gasteiger partial charge in [-0.1, -0.05) is 18.2 Å². The number of ether oxygens (including phenoxy) is 1. The van der Waals surface area contributed by atoms with Gasteiger partial charge in [-0.25, -0.2) is 0 Å². The fraction of sp³-hybridized carbons (Fsp3) is 0.143. The summed E-state index contributed by atoms with van der Waals surface area (Å²) in [6.07, 6.45) is 3.49. The number of thioether (sulfide) groups is 2. The zero-order valence-electron chi connectivity index (χ0n) is 16.2. The van der Waals surface area contributed by atoms with Gasteiger partial charge in [0.1, 0.15) is 12.3 Å². The summed E-state index contributed by atoms with van der Waals surface area (Å²) in [5, 5.41) is 2.20. The SMILES string of the molecule is CSc1cccc(NC(=O)CN2C(=O)S/C(=C/c3ccc(OC(C)=O)cc3)C2=O)c1. The maximum atomic E-state index is 12.6. The van der Waals surface area contributed by atoms with Gasteiger partial charge >= 0.3 is 5.97 Å². The number of nitrogens with zero attached hydrogens (tertiary/aromatic N) is 1. The molecule has 0 saturated carbocycles. The van der Waals surface area contributed by atoms with E-state index in [2.05, 4.69) is 5.32 Å². The van der Waals surface area contributed by atoms with Crippen LogP contribution in [0.15, 0.2) is 58.3 Å². The average molecular weight is 443 g/mol. The van der Waals surface area contributed by atoms with Crippen LogP contribution >= 0.6 is 23.5 Å². The smallest absolute Gasteiger partial charge is 0.308 e. The van der Waals surface area contributed by atoms with Crippen molar-refractivity contribution in [2.75, 3.05) is 18.1 Å². The lowest BCUT2D eigenvalue weighted by molar-refractivity contribution is -0.131. The van der Waals surface area contributed by atoms with Crippen molar-refractivity contribution < 1.29 is 23.9 Å². The average Bonchev–Trinajstić information content (AvgIpc) is 2.96. The first-order chi connectivity index (χ1) is 14.4. The highest BCUT2D eigenvalue weighted by molar-refractivity contribution is 8.18. The molecule has 3 amide bonds. The minimum Gasteiger partial charge on any atom is -0.427 e. The molecule has 2 aromatic rings. The Balaban J connectivity index is 1.65. The molecule has 1 heterocycles. The Kier molecular flexibility index (Phi) is 6.96. The first-order valence-corrected chi connectivity index (χ1v) is 10.9. The summed E-state index contributed by atoms with van der Waals surface area (Å²) >= 11 is 2.32. The molecule has 0 spiro atoms. The molecule has 0 atom stereocenters. The highest BCUT2D eigenvalue weighted by Gasteiger charge is 2.36. The molecule has 9 heteroatoms. The molecule has 0 bridgehead atoms. The Morgan fingerprint density at radius 2 is 1.90 bits per heavy atom. The first kappa shape index (κ1) is 21.7. The van der Waals surface area contributed by atoms with Crippen molar-refractivity contribution in [1.82, 2.24) is 4.90 Å². The third-order valence-corrected chi connectivity index (χ3v) is 5.60. The third-order valence-electron chi connectivity index (χ3n) is 3.97. The van der Waals surface area contributed by atoms with Crippen LogP contribution in [0, 0.1) is 0 Å². The van der Waals surface area contributed by atoms with Gasteiger partial charge in [0.15, 0.2) is 0 Å². The van der Waals surface area contributed by atoms with Crippen LogP contribution in [0.25, 0.3) is 6.08 Å². The second-order valence-corrected chi connectivity index (χ2v) is 8.08. The number of amides is 3. The molecule has 0 aromatic heterocycles. The normalized spacial score (nSPS) is 14.9. The molecule has 2 aromatic carbocycles. The number of nitrogens with one attached hydrogen (secondary N) is 1. The minimum atomic E-state index is -0.526. The number of benzene rings is 2. The molecule has 30 heavy (non-hydrogen) atoms. The van der Waals surface area contributed by atoms with Crippen LogP contribution in [0.3, 0.4) is 0 Å². The molecule has 1 saturated heterocycles. The van der Waals surface area contributed by atoms with Crippen molar-refractivity contribution in [3.8, 4) is 5.75 Å². The summed E-state index contributed by atoms with van der Waals surface area (Å²) in [7, 11) is 0. The van der Waals surface area contributed by atoms with E-state index < -0.39 is 23.0 Å². The number of hydrogen-bond donors (Lipinski definition) is 1. The Morgan fingerprint density at radius 1 is 1.17 bits per heavy atom. The Bertz CT molecular complexity index is 1030. The number of rotatable bonds is 6. The molecular formula is C21H18N2O5S2. The van der Waals surface area contributed by atoms with Crippen molar-refractivity contribution >= 4 is 58.3 Å². The van der Waals surface area contributed by atoms with Crippen molar-refractivity contribution in [2.45, 2.75) is 11.8 Å². The fourth-order valence-electron chi connectivity index (χ4n) is 2.63. The van der Waals surface area contributed by atoms with E-state index >= 15 is 0 Å². The van der Waals surface area contributed by atoms with Crippen LogP contribution < -0.4 is 10.1 Å². The van der Waals surface area contributed by atoms with Crippen LogP contribution in [0.4, 0.5) is 10.5 Å². The molecule has 1 aliphatic rings. The van der Waals surface area contributed by atoms with Crippen LogP contribution in [-0.2, 0) is 14.4 Å². The Hall–Kier alpha value is -3.04. The number of carbonyl (C=O) groups is 4. The van der Waals surface area contributed by atoms with Gasteiger partial charge in [-0.05, 0) is 60.0 Å². The van der Waals surface area contributed by atoms with Gasteiger partial charge in [0.05, 0.1) is 4.91 Å². The molecule has 0 unspecified atom stereocenters. The lowest BCUT2D eigenvalue weighted by Gasteiger charge is -2.12. The molecule has 154 valence electrons. The quantitative estimate of drug-likeness (QED) is 0.313. The van der Waals surface area contributed by atoms with Crippen molar-refractivity contribution in [3.63, 3.8) is 0 Å². The van der Waals surface area contributed by atoms with E-state index in [9.17, 15) is 19.2 Å². The summed E-state index contributed by atoms with van der Waals surface area (Å²) in [4.78, 5) is 50.2.